The van der Waals surface area contributed by atoms with Crippen molar-refractivity contribution >= 4 is 0 Å². The van der Waals surface area contributed by atoms with Gasteiger partial charge in [-0.1, -0.05) is 52.4 Å². The van der Waals surface area contributed by atoms with Gasteiger partial charge >= 0.3 is 0 Å². The second-order valence-electron chi connectivity index (χ2n) is 5.62. The molecule has 96 valence electrons. The first kappa shape index (κ1) is 14.0. The van der Waals surface area contributed by atoms with Gasteiger partial charge in [0.15, 0.2) is 0 Å². The molecule has 0 spiro atoms. The fourth-order valence-electron chi connectivity index (χ4n) is 3.07. The lowest BCUT2D eigenvalue weighted by Crippen LogP contribution is -2.43. The number of unbranched alkanes of at least 4 members (excludes halogenated alkanes) is 2. The van der Waals surface area contributed by atoms with Gasteiger partial charge in [-0.3, -0.25) is 0 Å². The van der Waals surface area contributed by atoms with Crippen LogP contribution in [-0.2, 0) is 0 Å². The molecule has 1 aliphatic carbocycles. The highest BCUT2D eigenvalue weighted by Crippen LogP contribution is 2.27. The molecule has 1 nitrogen and oxygen atoms in total. The summed E-state index contributed by atoms with van der Waals surface area (Å²) in [6, 6.07) is 1.54. The van der Waals surface area contributed by atoms with Gasteiger partial charge in [-0.05, 0) is 32.1 Å². The van der Waals surface area contributed by atoms with Crippen LogP contribution in [0, 0.1) is 5.92 Å². The van der Waals surface area contributed by atoms with E-state index >= 15 is 0 Å². The highest BCUT2D eigenvalue weighted by molar-refractivity contribution is 4.82. The fourth-order valence-corrected chi connectivity index (χ4v) is 3.07. The van der Waals surface area contributed by atoms with E-state index in [9.17, 15) is 0 Å². The molecule has 0 amide bonds. The average molecular weight is 225 g/mol. The van der Waals surface area contributed by atoms with Crippen LogP contribution in [0.2, 0.25) is 0 Å². The Labute approximate surface area is 102 Å². The van der Waals surface area contributed by atoms with Crippen molar-refractivity contribution in [1.29, 1.82) is 0 Å². The van der Waals surface area contributed by atoms with Gasteiger partial charge in [0, 0.05) is 12.1 Å². The van der Waals surface area contributed by atoms with Gasteiger partial charge in [-0.15, -0.1) is 0 Å². The van der Waals surface area contributed by atoms with E-state index in [0.717, 1.165) is 18.0 Å². The van der Waals surface area contributed by atoms with Crippen LogP contribution in [0.3, 0.4) is 0 Å². The Bertz CT molecular complexity index is 167. The van der Waals surface area contributed by atoms with Gasteiger partial charge in [0.25, 0.3) is 0 Å². The second kappa shape index (κ2) is 8.11. The van der Waals surface area contributed by atoms with Crippen LogP contribution in [0.4, 0.5) is 0 Å². The van der Waals surface area contributed by atoms with Crippen LogP contribution in [0.5, 0.6) is 0 Å². The summed E-state index contributed by atoms with van der Waals surface area (Å²) < 4.78 is 0. The summed E-state index contributed by atoms with van der Waals surface area (Å²) in [5, 5.41) is 3.88. The van der Waals surface area contributed by atoms with Crippen molar-refractivity contribution in [2.45, 2.75) is 90.6 Å². The maximum Gasteiger partial charge on any atom is 0.00976 e. The number of hydrogen-bond acceptors (Lipinski definition) is 1. The van der Waals surface area contributed by atoms with Crippen LogP contribution in [-0.4, -0.2) is 12.1 Å². The normalized spacial score (nSPS) is 27.9. The minimum Gasteiger partial charge on any atom is -0.311 e. The molecule has 0 aromatic carbocycles. The molecule has 1 aliphatic rings. The Morgan fingerprint density at radius 2 is 1.88 bits per heavy atom. The molecule has 0 aromatic rings. The van der Waals surface area contributed by atoms with Crippen LogP contribution in [0.15, 0.2) is 0 Å². The van der Waals surface area contributed by atoms with Crippen molar-refractivity contribution in [3.8, 4) is 0 Å². The molecule has 1 rings (SSSR count). The smallest absolute Gasteiger partial charge is 0.00976 e. The lowest BCUT2D eigenvalue weighted by Gasteiger charge is -2.34. The van der Waals surface area contributed by atoms with E-state index in [1.807, 2.05) is 0 Å². The summed E-state index contributed by atoms with van der Waals surface area (Å²) in [6.45, 7) is 7.01. The molecular weight excluding hydrogens is 194 g/mol. The second-order valence-corrected chi connectivity index (χ2v) is 5.62. The molecular formula is C15H31N. The Kier molecular flexibility index (Phi) is 7.11. The molecule has 0 aliphatic heterocycles. The Balaban J connectivity index is 2.22. The minimum absolute atomic E-state index is 0.726. The molecule has 1 fully saturated rings. The maximum atomic E-state index is 3.88. The first-order valence-electron chi connectivity index (χ1n) is 7.54. The van der Waals surface area contributed by atoms with Crippen LogP contribution >= 0.6 is 0 Å². The standard InChI is InChI=1S/C15H31N/c1-4-6-7-10-13(3)16-15-12-9-8-11-14(15)5-2/h13-16H,4-12H2,1-3H3. The number of hydrogen-bond donors (Lipinski definition) is 1. The average Bonchev–Trinajstić information content (AvgIpc) is 2.30. The quantitative estimate of drug-likeness (QED) is 0.628. The molecule has 1 saturated carbocycles. The van der Waals surface area contributed by atoms with E-state index in [-0.39, 0.29) is 0 Å². The van der Waals surface area contributed by atoms with E-state index in [1.54, 1.807) is 0 Å². The highest BCUT2D eigenvalue weighted by Gasteiger charge is 2.24. The molecule has 3 atom stereocenters. The summed E-state index contributed by atoms with van der Waals surface area (Å²) in [4.78, 5) is 0. The van der Waals surface area contributed by atoms with Crippen molar-refractivity contribution in [3.63, 3.8) is 0 Å². The number of nitrogens with one attached hydrogen (secondary N) is 1. The minimum atomic E-state index is 0.726. The molecule has 0 bridgehead atoms. The zero-order chi connectivity index (χ0) is 11.8. The first-order valence-corrected chi connectivity index (χ1v) is 7.54. The van der Waals surface area contributed by atoms with Gasteiger partial charge in [-0.2, -0.15) is 0 Å². The van der Waals surface area contributed by atoms with Crippen molar-refractivity contribution in [2.24, 2.45) is 5.92 Å². The Morgan fingerprint density at radius 1 is 1.12 bits per heavy atom. The van der Waals surface area contributed by atoms with E-state index in [4.69, 9.17) is 0 Å². The van der Waals surface area contributed by atoms with Gasteiger partial charge in [0.2, 0.25) is 0 Å². The molecule has 0 aromatic heterocycles. The SMILES string of the molecule is CCCCCC(C)NC1CCCCC1CC. The predicted molar refractivity (Wildman–Crippen MR) is 72.8 cm³/mol. The first-order chi connectivity index (χ1) is 7.77. The largest absolute Gasteiger partial charge is 0.311 e. The summed E-state index contributed by atoms with van der Waals surface area (Å²) >= 11 is 0. The zero-order valence-corrected chi connectivity index (χ0v) is 11.6. The van der Waals surface area contributed by atoms with Crippen LogP contribution < -0.4 is 5.32 Å². The van der Waals surface area contributed by atoms with Crippen molar-refractivity contribution in [2.75, 3.05) is 0 Å². The van der Waals surface area contributed by atoms with Gasteiger partial charge < -0.3 is 5.32 Å². The third-order valence-electron chi connectivity index (χ3n) is 4.17. The van der Waals surface area contributed by atoms with E-state index in [1.165, 1.54) is 57.8 Å². The predicted octanol–water partition coefficient (Wildman–Crippen LogP) is 4.51. The van der Waals surface area contributed by atoms with Gasteiger partial charge in [0.05, 0.1) is 0 Å². The van der Waals surface area contributed by atoms with Gasteiger partial charge in [-0.25, -0.2) is 0 Å². The third-order valence-corrected chi connectivity index (χ3v) is 4.17. The molecule has 1 heteroatoms. The lowest BCUT2D eigenvalue weighted by atomic mass is 9.82. The molecule has 0 heterocycles. The lowest BCUT2D eigenvalue weighted by molar-refractivity contribution is 0.235. The van der Waals surface area contributed by atoms with Crippen molar-refractivity contribution in [3.05, 3.63) is 0 Å². The Hall–Kier alpha value is -0.0400. The van der Waals surface area contributed by atoms with Crippen LogP contribution in [0.1, 0.15) is 78.6 Å². The van der Waals surface area contributed by atoms with E-state index < -0.39 is 0 Å². The fraction of sp³-hybridized carbons (Fsp3) is 1.00. The van der Waals surface area contributed by atoms with E-state index in [0.29, 0.717) is 0 Å². The monoisotopic (exact) mass is 225 g/mol. The maximum absolute atomic E-state index is 3.88. The molecule has 1 N–H and O–H groups in total. The van der Waals surface area contributed by atoms with E-state index in [2.05, 4.69) is 26.1 Å². The molecule has 0 radical (unpaired) electrons. The summed E-state index contributed by atoms with van der Waals surface area (Å²) in [7, 11) is 0. The summed E-state index contributed by atoms with van der Waals surface area (Å²) in [5.74, 6) is 0.947. The molecule has 0 saturated heterocycles. The highest BCUT2D eigenvalue weighted by atomic mass is 15.0. The number of rotatable bonds is 7. The topological polar surface area (TPSA) is 12.0 Å². The zero-order valence-electron chi connectivity index (χ0n) is 11.6. The van der Waals surface area contributed by atoms with Gasteiger partial charge in [0.1, 0.15) is 0 Å². The van der Waals surface area contributed by atoms with Crippen LogP contribution in [0.25, 0.3) is 0 Å². The Morgan fingerprint density at radius 3 is 2.56 bits per heavy atom. The summed E-state index contributed by atoms with van der Waals surface area (Å²) in [6.07, 6.45) is 12.6. The third kappa shape index (κ3) is 4.86. The molecule has 16 heavy (non-hydrogen) atoms. The van der Waals surface area contributed by atoms with Crippen molar-refractivity contribution < 1.29 is 0 Å². The van der Waals surface area contributed by atoms with Crippen molar-refractivity contribution in [1.82, 2.24) is 5.32 Å². The molecule has 3 unspecified atom stereocenters. The summed E-state index contributed by atoms with van der Waals surface area (Å²) in [5.41, 5.74) is 0.